The lowest BCUT2D eigenvalue weighted by atomic mass is 10.1. The number of rotatable bonds is 18. The number of nitrogens with one attached hydrogen (secondary N) is 2. The SMILES string of the molecule is NC(=O)c1cc(N)c(NC/C=C/CNc2c(N)cc(C(N)=O)cc2OCCCN2CCOCC2)c(OCCCN2CCOCC2)c1. The van der Waals surface area contributed by atoms with Crippen molar-refractivity contribution in [2.24, 2.45) is 11.5 Å². The van der Waals surface area contributed by atoms with Crippen LogP contribution in [0.15, 0.2) is 36.4 Å². The average Bonchev–Trinajstić information content (AvgIpc) is 3.05. The van der Waals surface area contributed by atoms with Crippen LogP contribution in [0.5, 0.6) is 11.5 Å². The van der Waals surface area contributed by atoms with E-state index in [-0.39, 0.29) is 11.1 Å². The molecule has 14 heteroatoms. The minimum atomic E-state index is -0.578. The van der Waals surface area contributed by atoms with Crippen molar-refractivity contribution in [2.75, 3.05) is 114 Å². The Morgan fingerprint density at radius 1 is 0.696 bits per heavy atom. The standard InChI is InChI=1S/C32H48N8O6/c33-25-19-23(31(35)41)21-27(45-13-3-7-39-9-15-43-16-10-39)29(25)37-5-1-2-6-38-30-26(34)20-24(32(36)42)22-28(30)46-14-4-8-40-11-17-44-18-12-40/h1-2,19-22,37-38H,3-18,33-34H2,(H2,35,41)(H2,36,42)/b2-1+. The Kier molecular flexibility index (Phi) is 13.6. The van der Waals surface area contributed by atoms with Crippen LogP contribution in [0.4, 0.5) is 22.7 Å². The van der Waals surface area contributed by atoms with E-state index in [0.29, 0.717) is 60.6 Å². The van der Waals surface area contributed by atoms with Crippen molar-refractivity contribution >= 4 is 34.6 Å². The van der Waals surface area contributed by atoms with Gasteiger partial charge in [-0.15, -0.1) is 0 Å². The first kappa shape index (κ1) is 34.6. The van der Waals surface area contributed by atoms with Gasteiger partial charge in [-0.1, -0.05) is 12.2 Å². The molecule has 252 valence electrons. The summed E-state index contributed by atoms with van der Waals surface area (Å²) in [6.45, 7) is 10.2. The monoisotopic (exact) mass is 640 g/mol. The quantitative estimate of drug-likeness (QED) is 0.0776. The number of carbonyl (C=O) groups is 2. The van der Waals surface area contributed by atoms with Crippen LogP contribution in [0.25, 0.3) is 0 Å². The second-order valence-corrected chi connectivity index (χ2v) is 11.2. The Labute approximate surface area is 270 Å². The fourth-order valence-corrected chi connectivity index (χ4v) is 5.24. The number of ether oxygens (including phenoxy) is 4. The minimum Gasteiger partial charge on any atom is -0.491 e. The largest absolute Gasteiger partial charge is 0.491 e. The van der Waals surface area contributed by atoms with Crippen molar-refractivity contribution in [1.82, 2.24) is 9.80 Å². The molecule has 46 heavy (non-hydrogen) atoms. The molecule has 2 aliphatic heterocycles. The van der Waals surface area contributed by atoms with Gasteiger partial charge in [0.05, 0.1) is 51.0 Å². The number of primary amides is 2. The number of amides is 2. The summed E-state index contributed by atoms with van der Waals surface area (Å²) in [6, 6.07) is 6.30. The smallest absolute Gasteiger partial charge is 0.248 e. The molecule has 0 bridgehead atoms. The van der Waals surface area contributed by atoms with Gasteiger partial charge >= 0.3 is 0 Å². The number of benzene rings is 2. The van der Waals surface area contributed by atoms with Crippen LogP contribution in [-0.2, 0) is 9.47 Å². The maximum absolute atomic E-state index is 11.8. The summed E-state index contributed by atoms with van der Waals surface area (Å²) in [4.78, 5) is 28.4. The Morgan fingerprint density at radius 3 is 1.46 bits per heavy atom. The molecule has 0 unspecified atom stereocenters. The molecular formula is C32H48N8O6. The minimum absolute atomic E-state index is 0.282. The van der Waals surface area contributed by atoms with Gasteiger partial charge in [0.2, 0.25) is 11.8 Å². The predicted octanol–water partition coefficient (Wildman–Crippen LogP) is 1.33. The first-order valence-electron chi connectivity index (χ1n) is 15.8. The van der Waals surface area contributed by atoms with Crippen molar-refractivity contribution in [1.29, 1.82) is 0 Å². The van der Waals surface area contributed by atoms with Gasteiger partial charge in [0.25, 0.3) is 0 Å². The van der Waals surface area contributed by atoms with E-state index in [4.69, 9.17) is 41.9 Å². The third-order valence-corrected chi connectivity index (χ3v) is 7.75. The van der Waals surface area contributed by atoms with Crippen LogP contribution >= 0.6 is 0 Å². The maximum Gasteiger partial charge on any atom is 0.248 e. The number of nitrogens with zero attached hydrogens (tertiary/aromatic N) is 2. The molecule has 10 N–H and O–H groups in total. The van der Waals surface area contributed by atoms with Crippen molar-refractivity contribution in [2.45, 2.75) is 12.8 Å². The third-order valence-electron chi connectivity index (χ3n) is 7.75. The number of morpholine rings is 2. The lowest BCUT2D eigenvalue weighted by molar-refractivity contribution is 0.0357. The zero-order valence-electron chi connectivity index (χ0n) is 26.4. The van der Waals surface area contributed by atoms with Crippen molar-refractivity contribution < 1.29 is 28.5 Å². The Hall–Kier alpha value is -4.24. The summed E-state index contributed by atoms with van der Waals surface area (Å²) in [5.74, 6) is -0.211. The molecule has 0 saturated carbocycles. The van der Waals surface area contributed by atoms with Crippen LogP contribution in [-0.4, -0.2) is 114 Å². The normalized spacial score (nSPS) is 15.9. The van der Waals surface area contributed by atoms with E-state index < -0.39 is 11.8 Å². The molecule has 2 heterocycles. The lowest BCUT2D eigenvalue weighted by Crippen LogP contribution is -2.37. The molecule has 0 spiro atoms. The molecule has 0 atom stereocenters. The summed E-state index contributed by atoms with van der Waals surface area (Å²) in [7, 11) is 0. The highest BCUT2D eigenvalue weighted by Gasteiger charge is 2.16. The molecular weight excluding hydrogens is 592 g/mol. The summed E-state index contributed by atoms with van der Waals surface area (Å²) in [5, 5.41) is 6.57. The molecule has 14 nitrogen and oxygen atoms in total. The number of hydrogen-bond acceptors (Lipinski definition) is 12. The van der Waals surface area contributed by atoms with Crippen LogP contribution < -0.4 is 43.0 Å². The van der Waals surface area contributed by atoms with E-state index in [1.54, 1.807) is 12.1 Å². The van der Waals surface area contributed by atoms with Gasteiger partial charge in [0, 0.05) is 63.5 Å². The summed E-state index contributed by atoms with van der Waals surface area (Å²) < 4.78 is 22.9. The molecule has 2 aliphatic rings. The first-order chi connectivity index (χ1) is 22.3. The van der Waals surface area contributed by atoms with E-state index in [1.165, 1.54) is 12.1 Å². The molecule has 0 aliphatic carbocycles. The number of nitrogen functional groups attached to an aromatic ring is 2. The van der Waals surface area contributed by atoms with Gasteiger partial charge in [-0.05, 0) is 37.1 Å². The number of hydrogen-bond donors (Lipinski definition) is 6. The molecule has 0 radical (unpaired) electrons. The van der Waals surface area contributed by atoms with Gasteiger partial charge in [-0.25, -0.2) is 0 Å². The van der Waals surface area contributed by atoms with E-state index >= 15 is 0 Å². The van der Waals surface area contributed by atoms with E-state index in [1.807, 2.05) is 12.2 Å². The molecule has 2 saturated heterocycles. The topological polar surface area (TPSA) is 206 Å². The predicted molar refractivity (Wildman–Crippen MR) is 180 cm³/mol. The van der Waals surface area contributed by atoms with E-state index in [2.05, 4.69) is 20.4 Å². The average molecular weight is 641 g/mol. The summed E-state index contributed by atoms with van der Waals surface area (Å²) in [6.07, 6.45) is 5.48. The Morgan fingerprint density at radius 2 is 1.09 bits per heavy atom. The van der Waals surface area contributed by atoms with Gasteiger partial charge in [0.1, 0.15) is 22.9 Å². The Balaban J connectivity index is 1.30. The fraction of sp³-hybridized carbons (Fsp3) is 0.500. The van der Waals surface area contributed by atoms with Crippen LogP contribution in [0.3, 0.4) is 0 Å². The molecule has 2 fully saturated rings. The van der Waals surface area contributed by atoms with Crippen LogP contribution in [0, 0.1) is 0 Å². The fourth-order valence-electron chi connectivity index (χ4n) is 5.24. The summed E-state index contributed by atoms with van der Waals surface area (Å²) >= 11 is 0. The van der Waals surface area contributed by atoms with Gasteiger partial charge < -0.3 is 52.5 Å². The van der Waals surface area contributed by atoms with E-state index in [0.717, 1.165) is 78.5 Å². The first-order valence-corrected chi connectivity index (χ1v) is 15.8. The third kappa shape index (κ3) is 10.7. The van der Waals surface area contributed by atoms with Crippen LogP contribution in [0.1, 0.15) is 33.6 Å². The zero-order valence-corrected chi connectivity index (χ0v) is 26.4. The molecule has 2 amide bonds. The molecule has 2 aromatic carbocycles. The highest BCUT2D eigenvalue weighted by atomic mass is 16.5. The second kappa shape index (κ2) is 18.0. The van der Waals surface area contributed by atoms with E-state index in [9.17, 15) is 9.59 Å². The molecule has 2 aromatic rings. The van der Waals surface area contributed by atoms with Gasteiger partial charge in [-0.3, -0.25) is 19.4 Å². The second-order valence-electron chi connectivity index (χ2n) is 11.2. The zero-order chi connectivity index (χ0) is 32.7. The van der Waals surface area contributed by atoms with Crippen molar-refractivity contribution in [3.8, 4) is 11.5 Å². The maximum atomic E-state index is 11.8. The Bertz CT molecular complexity index is 1230. The lowest BCUT2D eigenvalue weighted by Gasteiger charge is -2.26. The van der Waals surface area contributed by atoms with Crippen molar-refractivity contribution in [3.05, 3.63) is 47.5 Å². The number of carbonyl (C=O) groups excluding carboxylic acids is 2. The number of nitrogens with two attached hydrogens (primary N) is 4. The van der Waals surface area contributed by atoms with Crippen LogP contribution in [0.2, 0.25) is 0 Å². The molecule has 4 rings (SSSR count). The van der Waals surface area contributed by atoms with Crippen molar-refractivity contribution in [3.63, 3.8) is 0 Å². The summed E-state index contributed by atoms with van der Waals surface area (Å²) in [5.41, 5.74) is 26.1. The highest BCUT2D eigenvalue weighted by molar-refractivity contribution is 5.97. The highest BCUT2D eigenvalue weighted by Crippen LogP contribution is 2.34. The number of anilines is 4. The molecule has 0 aromatic heterocycles. The van der Waals surface area contributed by atoms with Gasteiger partial charge in [-0.2, -0.15) is 0 Å². The van der Waals surface area contributed by atoms with Gasteiger partial charge in [0.15, 0.2) is 0 Å².